The molecule has 68 valence electrons. The minimum atomic E-state index is 0. The Morgan fingerprint density at radius 2 is 1.50 bits per heavy atom. The Labute approximate surface area is 97.9 Å². The smallest absolute Gasteiger partial charge is 0.358 e. The fourth-order valence-electron chi connectivity index (χ4n) is 0.811. The first-order valence-electron chi connectivity index (χ1n) is 2.91. The first-order chi connectivity index (χ1) is 3.72. The Morgan fingerprint density at radius 1 is 1.08 bits per heavy atom. The van der Waals surface area contributed by atoms with Gasteiger partial charge in [-0.3, -0.25) is 0 Å². The zero-order valence-electron chi connectivity index (χ0n) is 9.15. The van der Waals surface area contributed by atoms with E-state index >= 15 is 0 Å². The first-order valence-corrected chi connectivity index (χ1v) is 2.91. The third-order valence-corrected chi connectivity index (χ3v) is 1.77. The zero-order valence-corrected chi connectivity index (χ0v) is 11.6. The summed E-state index contributed by atoms with van der Waals surface area (Å²) in [6.45, 7) is 6.44. The third kappa shape index (κ3) is 4.98. The van der Waals surface area contributed by atoms with Crippen LogP contribution in [0.2, 0.25) is 0 Å². The van der Waals surface area contributed by atoms with Gasteiger partial charge >= 0.3 is 26.2 Å². The molecule has 1 heteroatoms. The molecule has 0 aromatic heterocycles. The number of aryl methyl sites for hydroxylation is 2. The van der Waals surface area contributed by atoms with Gasteiger partial charge in [0.25, 0.3) is 0 Å². The summed E-state index contributed by atoms with van der Waals surface area (Å²) < 4.78 is 0. The fourth-order valence-corrected chi connectivity index (χ4v) is 0.811. The Balaban J connectivity index is -0.0000000800. The molecule has 0 radical (unpaired) electrons. The van der Waals surface area contributed by atoms with E-state index in [0.717, 1.165) is 0 Å². The topological polar surface area (TPSA) is 0 Å². The molecule has 1 aromatic rings. The van der Waals surface area contributed by atoms with E-state index in [0.29, 0.717) is 0 Å². The Bertz CT molecular complexity index is 167. The number of hydrogen-bond donors (Lipinski definition) is 0. The molecule has 0 unspecified atom stereocenters. The van der Waals surface area contributed by atoms with Crippen LogP contribution in [0, 0.1) is 43.1 Å². The Kier molecular flexibility index (Phi) is 17.7. The summed E-state index contributed by atoms with van der Waals surface area (Å²) in [4.78, 5) is 0. The molecule has 0 aliphatic carbocycles. The summed E-state index contributed by atoms with van der Waals surface area (Å²) >= 11 is 0. The Hall–Kier alpha value is 0.233. The van der Waals surface area contributed by atoms with Crippen molar-refractivity contribution >= 4 is 0 Å². The van der Waals surface area contributed by atoms with Gasteiger partial charge < -0.3 is 22.3 Å². The van der Waals surface area contributed by atoms with Crippen molar-refractivity contribution in [3.8, 4) is 0 Å². The minimum Gasteiger partial charge on any atom is -0.358 e. The summed E-state index contributed by atoms with van der Waals surface area (Å²) in [5.41, 5.74) is 4.25. The molecule has 0 fully saturated rings. The van der Waals surface area contributed by atoms with E-state index in [1.807, 2.05) is 0 Å². The molecule has 0 spiro atoms. The van der Waals surface area contributed by atoms with Crippen LogP contribution in [0.1, 0.15) is 16.7 Å². The number of rotatable bonds is 0. The Morgan fingerprint density at radius 3 is 1.58 bits per heavy atom. The average Bonchev–Trinajstić information content (AvgIpc) is 1.98. The SMILES string of the molecule is Cc1cc[c-](C)c1C.[CH3-].[CH3-].[CH3-].[Zr+4]. The average molecular weight is 244 g/mol. The second kappa shape index (κ2) is 9.32. The summed E-state index contributed by atoms with van der Waals surface area (Å²) in [5, 5.41) is 0. The molecule has 1 rings (SSSR count). The summed E-state index contributed by atoms with van der Waals surface area (Å²) in [5.74, 6) is 0. The summed E-state index contributed by atoms with van der Waals surface area (Å²) in [7, 11) is 0. The molecule has 0 heterocycles. The van der Waals surface area contributed by atoms with Gasteiger partial charge in [0.15, 0.2) is 0 Å². The van der Waals surface area contributed by atoms with E-state index in [1.165, 1.54) is 16.7 Å². The molecule has 0 aliphatic rings. The van der Waals surface area contributed by atoms with Crippen LogP contribution in [0.4, 0.5) is 0 Å². The van der Waals surface area contributed by atoms with Crippen molar-refractivity contribution in [2.75, 3.05) is 0 Å². The quantitative estimate of drug-likeness (QED) is 0.610. The monoisotopic (exact) mass is 242 g/mol. The van der Waals surface area contributed by atoms with Crippen LogP contribution in [-0.2, 0) is 26.2 Å². The van der Waals surface area contributed by atoms with Crippen LogP contribution in [0.15, 0.2) is 12.1 Å². The van der Waals surface area contributed by atoms with Gasteiger partial charge in [0.05, 0.1) is 0 Å². The predicted molar refractivity (Wildman–Crippen MR) is 55.5 cm³/mol. The van der Waals surface area contributed by atoms with Gasteiger partial charge in [-0.25, -0.2) is 6.07 Å². The van der Waals surface area contributed by atoms with E-state index in [1.54, 1.807) is 0 Å². The van der Waals surface area contributed by atoms with Crippen molar-refractivity contribution in [2.24, 2.45) is 0 Å². The molecule has 0 atom stereocenters. The maximum atomic E-state index is 2.16. The molecule has 0 aliphatic heterocycles. The second-order valence-corrected chi connectivity index (χ2v) is 2.32. The summed E-state index contributed by atoms with van der Waals surface area (Å²) in [6, 6.07) is 4.31. The van der Waals surface area contributed by atoms with Crippen molar-refractivity contribution in [3.05, 3.63) is 51.1 Å². The predicted octanol–water partition coefficient (Wildman–Crippen LogP) is 3.68. The molecule has 0 amide bonds. The minimum absolute atomic E-state index is 0. The van der Waals surface area contributed by atoms with E-state index in [4.69, 9.17) is 0 Å². The van der Waals surface area contributed by atoms with Crippen molar-refractivity contribution < 1.29 is 26.2 Å². The van der Waals surface area contributed by atoms with Crippen LogP contribution in [0.3, 0.4) is 0 Å². The van der Waals surface area contributed by atoms with Crippen molar-refractivity contribution in [3.63, 3.8) is 0 Å². The maximum absolute atomic E-state index is 2.16. The first kappa shape index (κ1) is 22.8. The van der Waals surface area contributed by atoms with Gasteiger partial charge in [-0.2, -0.15) is 22.8 Å². The van der Waals surface area contributed by atoms with E-state index in [-0.39, 0.29) is 48.5 Å². The van der Waals surface area contributed by atoms with Gasteiger partial charge in [0.2, 0.25) is 0 Å². The zero-order chi connectivity index (χ0) is 6.15. The van der Waals surface area contributed by atoms with Gasteiger partial charge in [-0.15, -0.1) is 0 Å². The molecule has 0 saturated heterocycles. The maximum Gasteiger partial charge on any atom is 4.00 e. The molecule has 1 aromatic carbocycles. The van der Waals surface area contributed by atoms with Gasteiger partial charge in [0.1, 0.15) is 0 Å². The van der Waals surface area contributed by atoms with Gasteiger partial charge in [0, 0.05) is 0 Å². The molecule has 12 heavy (non-hydrogen) atoms. The molecular weight excluding hydrogens is 223 g/mol. The number of hydrogen-bond acceptors (Lipinski definition) is 0. The molecule has 0 saturated carbocycles. The van der Waals surface area contributed by atoms with Crippen LogP contribution in [-0.4, -0.2) is 0 Å². The molecule has 0 N–H and O–H groups in total. The van der Waals surface area contributed by atoms with Gasteiger partial charge in [-0.1, -0.05) is 20.8 Å². The van der Waals surface area contributed by atoms with Crippen molar-refractivity contribution in [2.45, 2.75) is 20.8 Å². The standard InChI is InChI=1S/C8H11.3CH3.Zr/c1-6-4-5-7(2)8(6)3;;;;/h4-5H,1-3H3;3*1H3;/q4*-1;+4. The molecular formula is C11H20Zr. The van der Waals surface area contributed by atoms with Crippen LogP contribution in [0.5, 0.6) is 0 Å². The fraction of sp³-hybridized carbons (Fsp3) is 0.273. The molecule has 0 bridgehead atoms. The van der Waals surface area contributed by atoms with Gasteiger partial charge in [-0.05, 0) is 0 Å². The van der Waals surface area contributed by atoms with E-state index in [2.05, 4.69) is 32.9 Å². The summed E-state index contributed by atoms with van der Waals surface area (Å²) in [6.07, 6.45) is 0. The third-order valence-electron chi connectivity index (χ3n) is 1.77. The van der Waals surface area contributed by atoms with Crippen LogP contribution in [0.25, 0.3) is 0 Å². The second-order valence-electron chi connectivity index (χ2n) is 2.32. The van der Waals surface area contributed by atoms with E-state index < -0.39 is 0 Å². The molecule has 0 nitrogen and oxygen atoms in total. The van der Waals surface area contributed by atoms with Crippen LogP contribution < -0.4 is 0 Å². The van der Waals surface area contributed by atoms with Crippen molar-refractivity contribution in [1.82, 2.24) is 0 Å². The van der Waals surface area contributed by atoms with E-state index in [9.17, 15) is 0 Å². The normalized spacial score (nSPS) is 6.58. The van der Waals surface area contributed by atoms with Crippen molar-refractivity contribution in [1.29, 1.82) is 0 Å². The largest absolute Gasteiger partial charge is 4.00 e. The van der Waals surface area contributed by atoms with Crippen LogP contribution >= 0.6 is 0 Å².